The Morgan fingerprint density at radius 2 is 2.00 bits per heavy atom. The molecular formula is C11H16BrClN2. The lowest BCUT2D eigenvalue weighted by atomic mass is 9.96. The minimum Gasteiger partial charge on any atom is -0.322 e. The maximum absolute atomic E-state index is 6.19. The van der Waals surface area contributed by atoms with E-state index in [1.54, 1.807) is 0 Å². The molecule has 1 atom stereocenters. The first-order chi connectivity index (χ1) is 6.77. The van der Waals surface area contributed by atoms with E-state index in [0.29, 0.717) is 5.92 Å². The summed E-state index contributed by atoms with van der Waals surface area (Å²) in [6, 6.07) is 6.08. The van der Waals surface area contributed by atoms with Crippen LogP contribution in [0.5, 0.6) is 0 Å². The van der Waals surface area contributed by atoms with Crippen molar-refractivity contribution in [2.45, 2.75) is 31.7 Å². The topological polar surface area (TPSA) is 38.9 Å². The fourth-order valence-electron chi connectivity index (χ4n) is 2.17. The summed E-state index contributed by atoms with van der Waals surface area (Å²) in [5.41, 5.74) is 7.21. The third-order valence-electron chi connectivity index (χ3n) is 2.99. The van der Waals surface area contributed by atoms with Crippen molar-refractivity contribution in [1.29, 1.82) is 0 Å². The molecule has 1 aromatic heterocycles. The second-order valence-corrected chi connectivity index (χ2v) is 4.77. The molecule has 0 aliphatic heterocycles. The second-order valence-electron chi connectivity index (χ2n) is 3.96. The van der Waals surface area contributed by atoms with Gasteiger partial charge in [-0.15, -0.1) is 12.4 Å². The molecule has 1 aliphatic carbocycles. The van der Waals surface area contributed by atoms with Crippen molar-refractivity contribution in [3.8, 4) is 0 Å². The van der Waals surface area contributed by atoms with E-state index in [0.717, 1.165) is 10.3 Å². The zero-order valence-electron chi connectivity index (χ0n) is 8.53. The van der Waals surface area contributed by atoms with Gasteiger partial charge in [0.2, 0.25) is 0 Å². The van der Waals surface area contributed by atoms with Crippen LogP contribution in [-0.4, -0.2) is 4.98 Å². The van der Waals surface area contributed by atoms with Crippen LogP contribution in [0.15, 0.2) is 22.8 Å². The van der Waals surface area contributed by atoms with Crippen molar-refractivity contribution < 1.29 is 0 Å². The fourth-order valence-corrected chi connectivity index (χ4v) is 2.52. The van der Waals surface area contributed by atoms with Crippen LogP contribution in [0.25, 0.3) is 0 Å². The SMILES string of the molecule is Cl.N[C@@H](c1cccc(Br)n1)C1CCCC1. The summed E-state index contributed by atoms with van der Waals surface area (Å²) in [6.07, 6.45) is 5.17. The minimum atomic E-state index is 0. The van der Waals surface area contributed by atoms with Crippen molar-refractivity contribution in [3.05, 3.63) is 28.5 Å². The summed E-state index contributed by atoms with van der Waals surface area (Å²) in [5.74, 6) is 0.636. The van der Waals surface area contributed by atoms with Gasteiger partial charge in [0.15, 0.2) is 0 Å². The molecule has 0 spiro atoms. The summed E-state index contributed by atoms with van der Waals surface area (Å²) < 4.78 is 0.878. The average Bonchev–Trinajstić information content (AvgIpc) is 2.69. The first-order valence-corrected chi connectivity index (χ1v) is 5.95. The third-order valence-corrected chi connectivity index (χ3v) is 3.43. The van der Waals surface area contributed by atoms with E-state index in [-0.39, 0.29) is 18.4 Å². The molecule has 84 valence electrons. The molecule has 0 aromatic carbocycles. The maximum atomic E-state index is 6.19. The van der Waals surface area contributed by atoms with Crippen molar-refractivity contribution in [2.24, 2.45) is 11.7 Å². The minimum absolute atomic E-state index is 0. The summed E-state index contributed by atoms with van der Waals surface area (Å²) >= 11 is 3.37. The normalized spacial score (nSPS) is 18.5. The lowest BCUT2D eigenvalue weighted by Gasteiger charge is -2.18. The van der Waals surface area contributed by atoms with Gasteiger partial charge in [0, 0.05) is 6.04 Å². The van der Waals surface area contributed by atoms with Crippen LogP contribution < -0.4 is 5.73 Å². The van der Waals surface area contributed by atoms with Crippen LogP contribution in [0, 0.1) is 5.92 Å². The van der Waals surface area contributed by atoms with Gasteiger partial charge in [-0.2, -0.15) is 0 Å². The van der Waals surface area contributed by atoms with Gasteiger partial charge in [0.05, 0.1) is 5.69 Å². The fraction of sp³-hybridized carbons (Fsp3) is 0.545. The second kappa shape index (κ2) is 5.83. The van der Waals surface area contributed by atoms with Crippen LogP contribution in [0.3, 0.4) is 0 Å². The molecular weight excluding hydrogens is 275 g/mol. The highest BCUT2D eigenvalue weighted by Crippen LogP contribution is 2.33. The van der Waals surface area contributed by atoms with E-state index in [9.17, 15) is 0 Å². The van der Waals surface area contributed by atoms with Crippen molar-refractivity contribution in [3.63, 3.8) is 0 Å². The molecule has 1 aromatic rings. The number of hydrogen-bond acceptors (Lipinski definition) is 2. The van der Waals surface area contributed by atoms with Crippen LogP contribution in [-0.2, 0) is 0 Å². The zero-order chi connectivity index (χ0) is 9.97. The molecule has 15 heavy (non-hydrogen) atoms. The Kier molecular flexibility index (Phi) is 5.03. The standard InChI is InChI=1S/C11H15BrN2.ClH/c12-10-7-3-6-9(14-10)11(13)8-4-1-2-5-8;/h3,6-8,11H,1-2,4-5,13H2;1H/t11-;/m1./s1. The average molecular weight is 292 g/mol. The van der Waals surface area contributed by atoms with Gasteiger partial charge >= 0.3 is 0 Å². The Balaban J connectivity index is 0.00000112. The van der Waals surface area contributed by atoms with Crippen molar-refractivity contribution in [1.82, 2.24) is 4.98 Å². The maximum Gasteiger partial charge on any atom is 0.106 e. The highest BCUT2D eigenvalue weighted by Gasteiger charge is 2.23. The molecule has 2 rings (SSSR count). The first kappa shape index (κ1) is 12.9. The Morgan fingerprint density at radius 1 is 1.33 bits per heavy atom. The van der Waals surface area contributed by atoms with Crippen LogP contribution in [0.4, 0.5) is 0 Å². The highest BCUT2D eigenvalue weighted by atomic mass is 79.9. The van der Waals surface area contributed by atoms with Crippen LogP contribution in [0.2, 0.25) is 0 Å². The number of aromatic nitrogens is 1. The van der Waals surface area contributed by atoms with Gasteiger partial charge in [-0.25, -0.2) is 4.98 Å². The number of pyridine rings is 1. The highest BCUT2D eigenvalue weighted by molar-refractivity contribution is 9.10. The lowest BCUT2D eigenvalue weighted by Crippen LogP contribution is -2.20. The predicted octanol–water partition coefficient (Wildman–Crippen LogP) is 3.46. The monoisotopic (exact) mass is 290 g/mol. The molecule has 0 saturated heterocycles. The van der Waals surface area contributed by atoms with Crippen molar-refractivity contribution in [2.75, 3.05) is 0 Å². The molecule has 1 saturated carbocycles. The van der Waals surface area contributed by atoms with Crippen LogP contribution >= 0.6 is 28.3 Å². The number of halogens is 2. The molecule has 0 radical (unpaired) electrons. The lowest BCUT2D eigenvalue weighted by molar-refractivity contribution is 0.436. The molecule has 1 heterocycles. The number of hydrogen-bond donors (Lipinski definition) is 1. The summed E-state index contributed by atoms with van der Waals surface area (Å²) in [5, 5.41) is 0. The molecule has 4 heteroatoms. The Bertz CT molecular complexity index is 313. The molecule has 1 aliphatic rings. The van der Waals surface area contributed by atoms with Gasteiger partial charge in [0.1, 0.15) is 4.60 Å². The van der Waals surface area contributed by atoms with Gasteiger partial charge in [-0.05, 0) is 46.8 Å². The van der Waals surface area contributed by atoms with E-state index in [1.807, 2.05) is 18.2 Å². The molecule has 1 fully saturated rings. The van der Waals surface area contributed by atoms with Crippen molar-refractivity contribution >= 4 is 28.3 Å². The largest absolute Gasteiger partial charge is 0.322 e. The smallest absolute Gasteiger partial charge is 0.106 e. The molecule has 0 unspecified atom stereocenters. The van der Waals surface area contributed by atoms with E-state index < -0.39 is 0 Å². The predicted molar refractivity (Wildman–Crippen MR) is 68.1 cm³/mol. The summed E-state index contributed by atoms with van der Waals surface area (Å²) in [6.45, 7) is 0. The molecule has 2 nitrogen and oxygen atoms in total. The van der Waals surface area contributed by atoms with E-state index in [1.165, 1.54) is 25.7 Å². The number of rotatable bonds is 2. The zero-order valence-corrected chi connectivity index (χ0v) is 10.9. The number of nitrogens with two attached hydrogens (primary N) is 1. The molecule has 2 N–H and O–H groups in total. The van der Waals surface area contributed by atoms with Crippen LogP contribution in [0.1, 0.15) is 37.4 Å². The Morgan fingerprint density at radius 3 is 2.60 bits per heavy atom. The summed E-state index contributed by atoms with van der Waals surface area (Å²) in [7, 11) is 0. The Labute approximate surface area is 105 Å². The van der Waals surface area contributed by atoms with Gasteiger partial charge < -0.3 is 5.73 Å². The first-order valence-electron chi connectivity index (χ1n) is 5.15. The van der Waals surface area contributed by atoms with E-state index >= 15 is 0 Å². The summed E-state index contributed by atoms with van der Waals surface area (Å²) in [4.78, 5) is 4.41. The van der Waals surface area contributed by atoms with E-state index in [2.05, 4.69) is 20.9 Å². The van der Waals surface area contributed by atoms with Gasteiger partial charge in [-0.3, -0.25) is 0 Å². The molecule has 0 amide bonds. The van der Waals surface area contributed by atoms with Gasteiger partial charge in [0.25, 0.3) is 0 Å². The van der Waals surface area contributed by atoms with Gasteiger partial charge in [-0.1, -0.05) is 18.9 Å². The quantitative estimate of drug-likeness (QED) is 0.848. The van der Waals surface area contributed by atoms with E-state index in [4.69, 9.17) is 5.73 Å². The Hall–Kier alpha value is -0.120. The molecule has 0 bridgehead atoms. The number of nitrogens with zero attached hydrogens (tertiary/aromatic N) is 1. The third kappa shape index (κ3) is 3.16.